The van der Waals surface area contributed by atoms with Crippen LogP contribution >= 0.6 is 0 Å². The fourth-order valence-electron chi connectivity index (χ4n) is 4.82. The number of aliphatic imine (C=N–C) groups is 1. The molecule has 3 rings (SSSR count). The van der Waals surface area contributed by atoms with Gasteiger partial charge in [-0.25, -0.2) is 0 Å². The minimum Gasteiger partial charge on any atom is -0.377 e. The average Bonchev–Trinajstić information content (AvgIpc) is 2.96. The lowest BCUT2D eigenvalue weighted by atomic mass is 9.68. The Hall–Kier alpha value is -0.770. The van der Waals surface area contributed by atoms with Gasteiger partial charge in [-0.1, -0.05) is 27.2 Å². The largest absolute Gasteiger partial charge is 0.377 e. The van der Waals surface area contributed by atoms with E-state index in [2.05, 4.69) is 37.9 Å². The molecule has 2 aliphatic heterocycles. The van der Waals surface area contributed by atoms with Crippen LogP contribution in [0.3, 0.4) is 0 Å². The number of rotatable bonds is 3. The summed E-state index contributed by atoms with van der Waals surface area (Å²) >= 11 is 0. The van der Waals surface area contributed by atoms with Gasteiger partial charge < -0.3 is 15.0 Å². The Bertz CT molecular complexity index is 450. The summed E-state index contributed by atoms with van der Waals surface area (Å²) in [7, 11) is 0. The molecule has 2 unspecified atom stereocenters. The van der Waals surface area contributed by atoms with E-state index in [-0.39, 0.29) is 5.41 Å². The molecular weight excluding hydrogens is 298 g/mol. The maximum Gasteiger partial charge on any atom is 0.193 e. The topological polar surface area (TPSA) is 36.9 Å². The zero-order valence-electron chi connectivity index (χ0n) is 16.2. The minimum atomic E-state index is 0.197. The normalized spacial score (nSPS) is 30.5. The van der Waals surface area contributed by atoms with Gasteiger partial charge in [-0.2, -0.15) is 0 Å². The Morgan fingerprint density at radius 1 is 1.25 bits per heavy atom. The quantitative estimate of drug-likeness (QED) is 0.631. The molecule has 3 aliphatic rings. The van der Waals surface area contributed by atoms with Crippen molar-refractivity contribution in [3.05, 3.63) is 0 Å². The Labute approximate surface area is 148 Å². The van der Waals surface area contributed by atoms with E-state index in [1.807, 2.05) is 0 Å². The van der Waals surface area contributed by atoms with E-state index in [1.165, 1.54) is 51.6 Å². The molecule has 138 valence electrons. The van der Waals surface area contributed by atoms with Crippen LogP contribution in [0.25, 0.3) is 0 Å². The summed E-state index contributed by atoms with van der Waals surface area (Å²) in [6.45, 7) is 14.2. The number of likely N-dealkylation sites (tertiary alicyclic amines) is 1. The Morgan fingerprint density at radius 3 is 2.62 bits per heavy atom. The van der Waals surface area contributed by atoms with Gasteiger partial charge in [0.15, 0.2) is 5.96 Å². The van der Waals surface area contributed by atoms with E-state index in [0.29, 0.717) is 17.4 Å². The number of guanidine groups is 1. The molecule has 0 bridgehead atoms. The second kappa shape index (κ2) is 7.23. The van der Waals surface area contributed by atoms with E-state index in [9.17, 15) is 0 Å². The first-order valence-corrected chi connectivity index (χ1v) is 10.1. The lowest BCUT2D eigenvalue weighted by Crippen LogP contribution is -2.44. The summed E-state index contributed by atoms with van der Waals surface area (Å²) < 4.78 is 6.13. The van der Waals surface area contributed by atoms with Gasteiger partial charge in [0.1, 0.15) is 0 Å². The van der Waals surface area contributed by atoms with Crippen LogP contribution in [0.15, 0.2) is 4.99 Å². The fraction of sp³-hybridized carbons (Fsp3) is 0.950. The molecule has 3 fully saturated rings. The molecule has 1 spiro atoms. The van der Waals surface area contributed by atoms with Crippen molar-refractivity contribution in [3.8, 4) is 0 Å². The highest BCUT2D eigenvalue weighted by Gasteiger charge is 2.43. The molecular formula is C20H37N3O. The molecule has 0 aromatic carbocycles. The zero-order chi connectivity index (χ0) is 17.2. The lowest BCUT2D eigenvalue weighted by molar-refractivity contribution is -0.0824. The monoisotopic (exact) mass is 335 g/mol. The summed E-state index contributed by atoms with van der Waals surface area (Å²) in [5.41, 5.74) is 0.820. The molecule has 0 amide bonds. The first kappa shape index (κ1) is 18.0. The fourth-order valence-corrected chi connectivity index (χ4v) is 4.82. The molecule has 0 radical (unpaired) electrons. The third kappa shape index (κ3) is 3.89. The van der Waals surface area contributed by atoms with Gasteiger partial charge in [0, 0.05) is 38.7 Å². The van der Waals surface area contributed by atoms with Gasteiger partial charge >= 0.3 is 0 Å². The second-order valence-electron chi connectivity index (χ2n) is 9.28. The van der Waals surface area contributed by atoms with Gasteiger partial charge in [0.05, 0.1) is 6.10 Å². The van der Waals surface area contributed by atoms with Crippen LogP contribution < -0.4 is 5.32 Å². The van der Waals surface area contributed by atoms with Crippen molar-refractivity contribution in [3.63, 3.8) is 0 Å². The molecule has 0 aromatic rings. The summed E-state index contributed by atoms with van der Waals surface area (Å²) in [6, 6.07) is 0. The van der Waals surface area contributed by atoms with Gasteiger partial charge in [-0.05, 0) is 49.9 Å². The van der Waals surface area contributed by atoms with Gasteiger partial charge in [-0.3, -0.25) is 4.99 Å². The SMILES string of the molecule is CCNC(=NCC1CCCOC1C(C)(C)C)N1CCC2(CCC2)C1. The first-order chi connectivity index (χ1) is 11.4. The Morgan fingerprint density at radius 2 is 2.04 bits per heavy atom. The lowest BCUT2D eigenvalue weighted by Gasteiger charge is -2.40. The Balaban J connectivity index is 1.64. The van der Waals surface area contributed by atoms with E-state index in [4.69, 9.17) is 9.73 Å². The maximum absolute atomic E-state index is 6.13. The van der Waals surface area contributed by atoms with E-state index in [0.717, 1.165) is 25.7 Å². The highest BCUT2D eigenvalue weighted by Crippen LogP contribution is 2.47. The predicted octanol–water partition coefficient (Wildman–Crippen LogP) is 3.67. The van der Waals surface area contributed by atoms with Crippen LogP contribution in [0.4, 0.5) is 0 Å². The number of nitrogens with zero attached hydrogens (tertiary/aromatic N) is 2. The number of ether oxygens (including phenoxy) is 1. The van der Waals surface area contributed by atoms with Crippen molar-refractivity contribution >= 4 is 5.96 Å². The third-order valence-corrected chi connectivity index (χ3v) is 6.26. The standard InChI is InChI=1S/C20H37N3O/c1-5-21-18(23-12-11-20(15-23)9-7-10-20)22-14-16-8-6-13-24-17(16)19(2,3)4/h16-17H,5-15H2,1-4H3,(H,21,22). The molecule has 1 aliphatic carbocycles. The van der Waals surface area contributed by atoms with E-state index < -0.39 is 0 Å². The molecule has 1 saturated carbocycles. The zero-order valence-corrected chi connectivity index (χ0v) is 16.2. The summed E-state index contributed by atoms with van der Waals surface area (Å²) in [5.74, 6) is 1.69. The summed E-state index contributed by atoms with van der Waals surface area (Å²) in [5, 5.41) is 3.54. The summed E-state index contributed by atoms with van der Waals surface area (Å²) in [4.78, 5) is 7.57. The van der Waals surface area contributed by atoms with Gasteiger partial charge in [0.25, 0.3) is 0 Å². The molecule has 24 heavy (non-hydrogen) atoms. The van der Waals surface area contributed by atoms with Crippen molar-refractivity contribution in [2.45, 2.75) is 72.3 Å². The van der Waals surface area contributed by atoms with Crippen molar-refractivity contribution in [2.75, 3.05) is 32.8 Å². The highest BCUT2D eigenvalue weighted by atomic mass is 16.5. The second-order valence-corrected chi connectivity index (χ2v) is 9.28. The highest BCUT2D eigenvalue weighted by molar-refractivity contribution is 5.80. The molecule has 4 heteroatoms. The van der Waals surface area contributed by atoms with Crippen molar-refractivity contribution in [1.29, 1.82) is 0 Å². The van der Waals surface area contributed by atoms with Crippen LogP contribution in [0.1, 0.15) is 66.2 Å². The molecule has 2 atom stereocenters. The minimum absolute atomic E-state index is 0.197. The van der Waals surface area contributed by atoms with E-state index >= 15 is 0 Å². The number of nitrogens with one attached hydrogen (secondary N) is 1. The van der Waals surface area contributed by atoms with Crippen LogP contribution in [0.5, 0.6) is 0 Å². The Kier molecular flexibility index (Phi) is 5.43. The molecule has 0 aromatic heterocycles. The average molecular weight is 336 g/mol. The molecule has 4 nitrogen and oxygen atoms in total. The van der Waals surface area contributed by atoms with Crippen LogP contribution in [-0.4, -0.2) is 49.7 Å². The van der Waals surface area contributed by atoms with E-state index in [1.54, 1.807) is 0 Å². The van der Waals surface area contributed by atoms with Crippen LogP contribution in [0, 0.1) is 16.7 Å². The predicted molar refractivity (Wildman–Crippen MR) is 100 cm³/mol. The maximum atomic E-state index is 6.13. The number of hydrogen-bond donors (Lipinski definition) is 1. The van der Waals surface area contributed by atoms with Crippen LogP contribution in [-0.2, 0) is 4.74 Å². The van der Waals surface area contributed by atoms with Gasteiger partial charge in [-0.15, -0.1) is 0 Å². The summed E-state index contributed by atoms with van der Waals surface area (Å²) in [6.07, 6.45) is 8.37. The van der Waals surface area contributed by atoms with Gasteiger partial charge in [0.2, 0.25) is 0 Å². The smallest absolute Gasteiger partial charge is 0.193 e. The molecule has 1 N–H and O–H groups in total. The van der Waals surface area contributed by atoms with Crippen LogP contribution in [0.2, 0.25) is 0 Å². The van der Waals surface area contributed by atoms with Crippen molar-refractivity contribution in [1.82, 2.24) is 10.2 Å². The van der Waals surface area contributed by atoms with Crippen molar-refractivity contribution < 1.29 is 4.74 Å². The van der Waals surface area contributed by atoms with Crippen molar-refractivity contribution in [2.24, 2.45) is 21.7 Å². The molecule has 2 saturated heterocycles. The molecule has 2 heterocycles. The number of hydrogen-bond acceptors (Lipinski definition) is 2. The first-order valence-electron chi connectivity index (χ1n) is 10.1. The third-order valence-electron chi connectivity index (χ3n) is 6.26.